The van der Waals surface area contributed by atoms with Crippen LogP contribution in [-0.2, 0) is 5.54 Å². The largest absolute Gasteiger partial charge is 0.378 e. The molecule has 0 atom stereocenters. The number of para-hydroxylation sites is 1. The van der Waals surface area contributed by atoms with Crippen molar-refractivity contribution in [3.8, 4) is 0 Å². The van der Waals surface area contributed by atoms with Crippen molar-refractivity contribution < 1.29 is 0 Å². The second-order valence-electron chi connectivity index (χ2n) is 6.62. The molecule has 0 saturated heterocycles. The average Bonchev–Trinajstić information content (AvgIpc) is 2.71. The first-order chi connectivity index (χ1) is 9.39. The number of anilines is 1. The zero-order valence-electron chi connectivity index (χ0n) is 12.9. The average molecular weight is 266 g/mol. The molecule has 1 aromatic heterocycles. The molecule has 3 rings (SSSR count). The van der Waals surface area contributed by atoms with Gasteiger partial charge in [0.15, 0.2) is 0 Å². The van der Waals surface area contributed by atoms with E-state index in [0.717, 1.165) is 0 Å². The summed E-state index contributed by atoms with van der Waals surface area (Å²) < 4.78 is 2.44. The standard InChI is InChI=1S/C18H22N2/c1-18(2,3)20-16-9-7-6-8-14(16)15-12-13(19(4)5)10-11-17(15)20/h6-12H,1-5H3. The van der Waals surface area contributed by atoms with Gasteiger partial charge in [-0.15, -0.1) is 0 Å². The molecule has 104 valence electrons. The fourth-order valence-corrected chi connectivity index (χ4v) is 2.96. The smallest absolute Gasteiger partial charge is 0.0497 e. The minimum Gasteiger partial charge on any atom is -0.378 e. The number of benzene rings is 2. The van der Waals surface area contributed by atoms with Gasteiger partial charge in [0.2, 0.25) is 0 Å². The van der Waals surface area contributed by atoms with Gasteiger partial charge in [-0.2, -0.15) is 0 Å². The van der Waals surface area contributed by atoms with Crippen molar-refractivity contribution in [2.45, 2.75) is 26.3 Å². The monoisotopic (exact) mass is 266 g/mol. The molecular weight excluding hydrogens is 244 g/mol. The molecule has 0 radical (unpaired) electrons. The van der Waals surface area contributed by atoms with Crippen LogP contribution in [0.15, 0.2) is 42.5 Å². The Morgan fingerprint density at radius 1 is 0.850 bits per heavy atom. The number of rotatable bonds is 1. The Bertz CT molecular complexity index is 773. The van der Waals surface area contributed by atoms with Crippen LogP contribution in [0.5, 0.6) is 0 Å². The van der Waals surface area contributed by atoms with E-state index >= 15 is 0 Å². The maximum atomic E-state index is 2.44. The Morgan fingerprint density at radius 3 is 2.15 bits per heavy atom. The van der Waals surface area contributed by atoms with Crippen LogP contribution < -0.4 is 4.90 Å². The summed E-state index contributed by atoms with van der Waals surface area (Å²) in [5.41, 5.74) is 3.94. The highest BCUT2D eigenvalue weighted by Crippen LogP contribution is 2.35. The van der Waals surface area contributed by atoms with Gasteiger partial charge in [-0.05, 0) is 45.0 Å². The van der Waals surface area contributed by atoms with Gasteiger partial charge in [0.1, 0.15) is 0 Å². The molecule has 0 aliphatic carbocycles. The molecule has 0 aliphatic rings. The van der Waals surface area contributed by atoms with E-state index in [2.05, 4.69) is 86.8 Å². The Hall–Kier alpha value is -1.96. The first-order valence-electron chi connectivity index (χ1n) is 7.10. The summed E-state index contributed by atoms with van der Waals surface area (Å²) in [6.07, 6.45) is 0. The summed E-state index contributed by atoms with van der Waals surface area (Å²) in [5.74, 6) is 0. The van der Waals surface area contributed by atoms with Crippen molar-refractivity contribution in [3.05, 3.63) is 42.5 Å². The van der Waals surface area contributed by atoms with Gasteiger partial charge in [-0.25, -0.2) is 0 Å². The van der Waals surface area contributed by atoms with E-state index in [1.807, 2.05) is 0 Å². The van der Waals surface area contributed by atoms with E-state index in [9.17, 15) is 0 Å². The highest BCUT2D eigenvalue weighted by atomic mass is 15.1. The van der Waals surface area contributed by atoms with Crippen LogP contribution >= 0.6 is 0 Å². The van der Waals surface area contributed by atoms with Gasteiger partial charge in [0, 0.05) is 47.1 Å². The predicted molar refractivity (Wildman–Crippen MR) is 88.8 cm³/mol. The van der Waals surface area contributed by atoms with Crippen molar-refractivity contribution in [2.24, 2.45) is 0 Å². The maximum Gasteiger partial charge on any atom is 0.0497 e. The molecule has 0 spiro atoms. The van der Waals surface area contributed by atoms with Crippen molar-refractivity contribution in [1.82, 2.24) is 4.57 Å². The van der Waals surface area contributed by atoms with E-state index < -0.39 is 0 Å². The number of hydrogen-bond donors (Lipinski definition) is 0. The first-order valence-corrected chi connectivity index (χ1v) is 7.10. The van der Waals surface area contributed by atoms with Crippen molar-refractivity contribution in [1.29, 1.82) is 0 Å². The van der Waals surface area contributed by atoms with Crippen LogP contribution in [0.4, 0.5) is 5.69 Å². The number of nitrogens with zero attached hydrogens (tertiary/aromatic N) is 2. The summed E-state index contributed by atoms with van der Waals surface area (Å²) >= 11 is 0. The van der Waals surface area contributed by atoms with Crippen LogP contribution in [0.25, 0.3) is 21.8 Å². The maximum absolute atomic E-state index is 2.44. The third-order valence-corrected chi connectivity index (χ3v) is 3.84. The van der Waals surface area contributed by atoms with Crippen molar-refractivity contribution >= 4 is 27.5 Å². The molecule has 0 amide bonds. The third-order valence-electron chi connectivity index (χ3n) is 3.84. The van der Waals surface area contributed by atoms with Crippen molar-refractivity contribution in [2.75, 3.05) is 19.0 Å². The zero-order valence-corrected chi connectivity index (χ0v) is 12.9. The van der Waals surface area contributed by atoms with E-state index in [-0.39, 0.29) is 5.54 Å². The number of hydrogen-bond acceptors (Lipinski definition) is 1. The van der Waals surface area contributed by atoms with Crippen LogP contribution in [-0.4, -0.2) is 18.7 Å². The lowest BCUT2D eigenvalue weighted by atomic mass is 10.1. The topological polar surface area (TPSA) is 8.17 Å². The summed E-state index contributed by atoms with van der Waals surface area (Å²) in [4.78, 5) is 2.16. The molecule has 3 aromatic rings. The van der Waals surface area contributed by atoms with E-state index in [1.54, 1.807) is 0 Å². The second-order valence-corrected chi connectivity index (χ2v) is 6.62. The van der Waals surface area contributed by atoms with Gasteiger partial charge >= 0.3 is 0 Å². The van der Waals surface area contributed by atoms with E-state index in [0.29, 0.717) is 0 Å². The third kappa shape index (κ3) is 1.87. The Morgan fingerprint density at radius 2 is 1.50 bits per heavy atom. The SMILES string of the molecule is CN(C)c1ccc2c(c1)c1ccccc1n2C(C)(C)C. The summed E-state index contributed by atoms with van der Waals surface area (Å²) in [6.45, 7) is 6.79. The Labute approximate surface area is 120 Å². The molecule has 0 unspecified atom stereocenters. The van der Waals surface area contributed by atoms with Gasteiger partial charge in [0.25, 0.3) is 0 Å². The van der Waals surface area contributed by atoms with Gasteiger partial charge < -0.3 is 9.47 Å². The van der Waals surface area contributed by atoms with E-state index in [4.69, 9.17) is 0 Å². The summed E-state index contributed by atoms with van der Waals surface area (Å²) in [5, 5.41) is 2.67. The van der Waals surface area contributed by atoms with Crippen LogP contribution in [0.3, 0.4) is 0 Å². The zero-order chi connectivity index (χ0) is 14.5. The van der Waals surface area contributed by atoms with Crippen LogP contribution in [0, 0.1) is 0 Å². The van der Waals surface area contributed by atoms with E-state index in [1.165, 1.54) is 27.5 Å². The van der Waals surface area contributed by atoms with Gasteiger partial charge in [-0.1, -0.05) is 18.2 Å². The minimum atomic E-state index is 0.0704. The van der Waals surface area contributed by atoms with Crippen LogP contribution in [0.2, 0.25) is 0 Å². The lowest BCUT2D eigenvalue weighted by Gasteiger charge is -2.24. The van der Waals surface area contributed by atoms with Crippen LogP contribution in [0.1, 0.15) is 20.8 Å². The molecule has 0 N–H and O–H groups in total. The lowest BCUT2D eigenvalue weighted by molar-refractivity contribution is 0.423. The quantitative estimate of drug-likeness (QED) is 0.624. The molecule has 2 nitrogen and oxygen atoms in total. The molecule has 0 saturated carbocycles. The summed E-state index contributed by atoms with van der Waals surface area (Å²) in [6, 6.07) is 15.4. The number of aromatic nitrogens is 1. The normalized spacial score (nSPS) is 12.2. The Kier molecular flexibility index (Phi) is 2.79. The highest BCUT2D eigenvalue weighted by Gasteiger charge is 2.20. The molecule has 20 heavy (non-hydrogen) atoms. The molecule has 0 fully saturated rings. The first kappa shape index (κ1) is 13.0. The van der Waals surface area contributed by atoms with Gasteiger partial charge in [-0.3, -0.25) is 0 Å². The minimum absolute atomic E-state index is 0.0704. The molecule has 0 bridgehead atoms. The molecule has 2 heteroatoms. The Balaban J connectivity index is 2.48. The fraction of sp³-hybridized carbons (Fsp3) is 0.333. The molecule has 0 aliphatic heterocycles. The fourth-order valence-electron chi connectivity index (χ4n) is 2.96. The predicted octanol–water partition coefficient (Wildman–Crippen LogP) is 4.62. The lowest BCUT2D eigenvalue weighted by Crippen LogP contribution is -2.21. The second kappa shape index (κ2) is 4.27. The van der Waals surface area contributed by atoms with Gasteiger partial charge in [0.05, 0.1) is 0 Å². The molecular formula is C18H22N2. The number of fused-ring (bicyclic) bond motifs is 3. The highest BCUT2D eigenvalue weighted by molar-refractivity contribution is 6.09. The summed E-state index contributed by atoms with van der Waals surface area (Å²) in [7, 11) is 4.17. The molecule has 1 heterocycles. The molecule has 2 aromatic carbocycles. The van der Waals surface area contributed by atoms with Crippen molar-refractivity contribution in [3.63, 3.8) is 0 Å².